The van der Waals surface area contributed by atoms with Crippen molar-refractivity contribution in [3.63, 3.8) is 0 Å². The fourth-order valence-electron chi connectivity index (χ4n) is 3.32. The average Bonchev–Trinajstić information content (AvgIpc) is 2.81. The molecule has 0 aliphatic heterocycles. The van der Waals surface area contributed by atoms with Crippen molar-refractivity contribution in [1.29, 1.82) is 0 Å². The number of hydrogen-bond donors (Lipinski definition) is 1. The van der Waals surface area contributed by atoms with E-state index in [1.165, 1.54) is 45.6 Å². The molecule has 13 heteroatoms. The molecule has 208 valence electrons. The Hall–Kier alpha value is -2.33. The third-order valence-corrected chi connectivity index (χ3v) is 7.44. The van der Waals surface area contributed by atoms with Gasteiger partial charge in [-0.3, -0.25) is 4.57 Å². The normalized spacial score (nSPS) is 13.9. The minimum atomic E-state index is -4.22. The van der Waals surface area contributed by atoms with E-state index in [-0.39, 0.29) is 5.75 Å². The van der Waals surface area contributed by atoms with Crippen LogP contribution < -0.4 is 24.3 Å². The summed E-state index contributed by atoms with van der Waals surface area (Å²) in [6, 6.07) is 8.32. The van der Waals surface area contributed by atoms with Crippen LogP contribution in [-0.2, 0) is 13.6 Å². The zero-order valence-corrected chi connectivity index (χ0v) is 23.2. The zero-order valence-electron chi connectivity index (χ0n) is 21.6. The third-order valence-electron chi connectivity index (χ3n) is 4.70. The summed E-state index contributed by atoms with van der Waals surface area (Å²) in [5.74, 6) is -0.500. The largest absolute Gasteiger partial charge is 0.493 e. The molecule has 2 aromatic rings. The standard InChI is InChI=1S/C24H32ClF3NO7P/c1-14(2)35-37(30,36-15(3)4)22(16-12-19(31-5)21(33-7)20(13-16)32-6)29-17-8-10-18(11-9-17)34-24(27,28)23(25)26/h8-15,22-23,29H,1-7H3. The Morgan fingerprint density at radius 2 is 1.38 bits per heavy atom. The summed E-state index contributed by atoms with van der Waals surface area (Å²) in [6.07, 6.45) is -5.17. The summed E-state index contributed by atoms with van der Waals surface area (Å²) in [7, 11) is 0.378. The lowest BCUT2D eigenvalue weighted by molar-refractivity contribution is -0.199. The van der Waals surface area contributed by atoms with Gasteiger partial charge in [0, 0.05) is 5.69 Å². The van der Waals surface area contributed by atoms with Crippen LogP contribution in [0.4, 0.5) is 18.9 Å². The van der Waals surface area contributed by atoms with E-state index in [0.29, 0.717) is 28.5 Å². The monoisotopic (exact) mass is 569 g/mol. The number of anilines is 1. The predicted molar refractivity (Wildman–Crippen MR) is 135 cm³/mol. The number of halogens is 4. The summed E-state index contributed by atoms with van der Waals surface area (Å²) >= 11 is 4.85. The molecule has 0 radical (unpaired) electrons. The van der Waals surface area contributed by atoms with Crippen molar-refractivity contribution in [3.8, 4) is 23.0 Å². The Labute approximate surface area is 219 Å². The lowest BCUT2D eigenvalue weighted by atomic mass is 10.1. The Morgan fingerprint density at radius 3 is 1.76 bits per heavy atom. The highest BCUT2D eigenvalue weighted by Crippen LogP contribution is 2.63. The maximum Gasteiger partial charge on any atom is 0.444 e. The van der Waals surface area contributed by atoms with Gasteiger partial charge >= 0.3 is 13.7 Å². The van der Waals surface area contributed by atoms with Gasteiger partial charge in [0.25, 0.3) is 5.63 Å². The molecule has 2 atom stereocenters. The van der Waals surface area contributed by atoms with Gasteiger partial charge in [-0.15, -0.1) is 0 Å². The number of methoxy groups -OCH3 is 3. The van der Waals surface area contributed by atoms with Gasteiger partial charge in [-0.2, -0.15) is 8.78 Å². The number of alkyl halides is 4. The first-order valence-corrected chi connectivity index (χ1v) is 13.3. The molecule has 0 saturated carbocycles. The van der Waals surface area contributed by atoms with Gasteiger partial charge in [-0.25, -0.2) is 4.39 Å². The summed E-state index contributed by atoms with van der Waals surface area (Å²) in [4.78, 5) is 0. The molecule has 0 saturated heterocycles. The molecule has 37 heavy (non-hydrogen) atoms. The number of ether oxygens (including phenoxy) is 4. The van der Waals surface area contributed by atoms with Gasteiger partial charge in [-0.05, 0) is 69.7 Å². The average molecular weight is 570 g/mol. The summed E-state index contributed by atoms with van der Waals surface area (Å²) in [5.41, 5.74) is -2.27. The van der Waals surface area contributed by atoms with E-state index in [0.717, 1.165) is 0 Å². The molecule has 2 unspecified atom stereocenters. The smallest absolute Gasteiger partial charge is 0.444 e. The highest BCUT2D eigenvalue weighted by molar-refractivity contribution is 7.54. The van der Waals surface area contributed by atoms with Crippen molar-refractivity contribution in [3.05, 3.63) is 42.0 Å². The summed E-state index contributed by atoms with van der Waals surface area (Å²) in [5, 5.41) is 3.09. The van der Waals surface area contributed by atoms with Crippen molar-refractivity contribution in [2.24, 2.45) is 0 Å². The van der Waals surface area contributed by atoms with E-state index in [1.54, 1.807) is 39.8 Å². The van der Waals surface area contributed by atoms with Gasteiger partial charge in [0.15, 0.2) is 17.3 Å². The molecule has 0 heterocycles. The summed E-state index contributed by atoms with van der Waals surface area (Å²) in [6.45, 7) is 6.85. The number of hydrogen-bond acceptors (Lipinski definition) is 8. The molecule has 0 bridgehead atoms. The topological polar surface area (TPSA) is 84.5 Å². The van der Waals surface area contributed by atoms with Crippen molar-refractivity contribution in [2.75, 3.05) is 26.6 Å². The lowest BCUT2D eigenvalue weighted by Gasteiger charge is -2.32. The molecule has 0 amide bonds. The molecule has 0 spiro atoms. The van der Waals surface area contributed by atoms with Crippen LogP contribution in [0.3, 0.4) is 0 Å². The molecule has 0 aliphatic carbocycles. The second kappa shape index (κ2) is 13.0. The first-order valence-electron chi connectivity index (χ1n) is 11.2. The Bertz CT molecular complexity index is 1030. The SMILES string of the molecule is COc1cc(C(Nc2ccc(OC(F)(F)C(F)Cl)cc2)P(=O)(OC(C)C)OC(C)C)cc(OC)c1OC. The predicted octanol–water partition coefficient (Wildman–Crippen LogP) is 7.37. The second-order valence-electron chi connectivity index (χ2n) is 8.34. The van der Waals surface area contributed by atoms with E-state index in [2.05, 4.69) is 10.1 Å². The van der Waals surface area contributed by atoms with E-state index < -0.39 is 37.3 Å². The van der Waals surface area contributed by atoms with Gasteiger partial charge < -0.3 is 33.3 Å². The zero-order chi connectivity index (χ0) is 28.0. The van der Waals surface area contributed by atoms with Crippen LogP contribution in [0.1, 0.15) is 39.0 Å². The molecule has 0 aliphatic rings. The van der Waals surface area contributed by atoms with Gasteiger partial charge in [-0.1, -0.05) is 11.6 Å². The van der Waals surface area contributed by atoms with Crippen molar-refractivity contribution in [2.45, 2.75) is 57.4 Å². The molecule has 8 nitrogen and oxygen atoms in total. The van der Waals surface area contributed by atoms with E-state index in [1.807, 2.05) is 0 Å². The first kappa shape index (κ1) is 30.9. The highest BCUT2D eigenvalue weighted by atomic mass is 35.5. The van der Waals surface area contributed by atoms with Crippen LogP contribution in [0.2, 0.25) is 0 Å². The molecule has 1 N–H and O–H groups in total. The number of rotatable bonds is 14. The number of benzene rings is 2. The molecule has 0 fully saturated rings. The van der Waals surface area contributed by atoms with Gasteiger partial charge in [0.2, 0.25) is 5.75 Å². The lowest BCUT2D eigenvalue weighted by Crippen LogP contribution is -2.32. The molecule has 2 rings (SSSR count). The highest BCUT2D eigenvalue weighted by Gasteiger charge is 2.42. The summed E-state index contributed by atoms with van der Waals surface area (Å²) < 4.78 is 86.5. The fourth-order valence-corrected chi connectivity index (χ4v) is 5.65. The fraction of sp³-hybridized carbons (Fsp3) is 0.500. The molecular weight excluding hydrogens is 538 g/mol. The maximum absolute atomic E-state index is 14.2. The van der Waals surface area contributed by atoms with Crippen LogP contribution >= 0.6 is 19.2 Å². The second-order valence-corrected chi connectivity index (χ2v) is 10.7. The Morgan fingerprint density at radius 1 is 0.892 bits per heavy atom. The van der Waals surface area contributed by atoms with Crippen LogP contribution in [0.15, 0.2) is 36.4 Å². The van der Waals surface area contributed by atoms with Crippen LogP contribution in [-0.4, -0.2) is 45.3 Å². The minimum absolute atomic E-state index is 0.303. The Kier molecular flexibility index (Phi) is 10.8. The van der Waals surface area contributed by atoms with Gasteiger partial charge in [0.05, 0.1) is 33.5 Å². The van der Waals surface area contributed by atoms with Crippen molar-refractivity contribution >= 4 is 24.9 Å². The minimum Gasteiger partial charge on any atom is -0.493 e. The van der Waals surface area contributed by atoms with E-state index >= 15 is 0 Å². The van der Waals surface area contributed by atoms with Crippen molar-refractivity contribution in [1.82, 2.24) is 0 Å². The third kappa shape index (κ3) is 8.07. The maximum atomic E-state index is 14.2. The molecule has 2 aromatic carbocycles. The van der Waals surface area contributed by atoms with Crippen LogP contribution in [0, 0.1) is 0 Å². The van der Waals surface area contributed by atoms with Crippen LogP contribution in [0.25, 0.3) is 0 Å². The van der Waals surface area contributed by atoms with E-state index in [4.69, 9.17) is 34.9 Å². The molecule has 0 aromatic heterocycles. The molecular formula is C24H32ClF3NO7P. The Balaban J connectivity index is 2.59. The quantitative estimate of drug-likeness (QED) is 0.186. The van der Waals surface area contributed by atoms with Crippen molar-refractivity contribution < 1.29 is 45.7 Å². The van der Waals surface area contributed by atoms with Crippen LogP contribution in [0.5, 0.6) is 23.0 Å². The van der Waals surface area contributed by atoms with E-state index in [9.17, 15) is 17.7 Å². The number of nitrogens with one attached hydrogen (secondary N) is 1. The first-order chi connectivity index (χ1) is 17.3. The van der Waals surface area contributed by atoms with Gasteiger partial charge in [0.1, 0.15) is 5.75 Å².